The van der Waals surface area contributed by atoms with Crippen LogP contribution in [0.25, 0.3) is 0 Å². The van der Waals surface area contributed by atoms with Crippen LogP contribution in [0.1, 0.15) is 42.3 Å². The van der Waals surface area contributed by atoms with Crippen LogP contribution in [0.2, 0.25) is 0 Å². The molecule has 0 saturated heterocycles. The second kappa shape index (κ2) is 12.2. The minimum absolute atomic E-state index is 0.0396. The lowest BCUT2D eigenvalue weighted by Gasteiger charge is -2.37. The molecule has 0 aliphatic carbocycles. The van der Waals surface area contributed by atoms with Gasteiger partial charge in [-0.05, 0) is 59.2 Å². The van der Waals surface area contributed by atoms with E-state index in [1.165, 1.54) is 17.0 Å². The molecule has 0 spiro atoms. The molecule has 0 bridgehead atoms. The smallest absolute Gasteiger partial charge is 0.242 e. The molecule has 1 aliphatic heterocycles. The molecular weight excluding hydrogens is 475 g/mol. The molecule has 0 N–H and O–H groups in total. The molecule has 36 heavy (non-hydrogen) atoms. The number of benzene rings is 2. The van der Waals surface area contributed by atoms with Crippen LogP contribution in [0.15, 0.2) is 66.0 Å². The fourth-order valence-corrected chi connectivity index (χ4v) is 5.41. The van der Waals surface area contributed by atoms with Crippen molar-refractivity contribution in [2.24, 2.45) is 5.92 Å². The number of amides is 2. The first kappa shape index (κ1) is 25.9. The van der Waals surface area contributed by atoms with Crippen LogP contribution in [-0.2, 0) is 22.4 Å². The molecule has 0 fully saturated rings. The maximum absolute atomic E-state index is 13.7. The highest BCUT2D eigenvalue weighted by molar-refractivity contribution is 7.10. The average molecular weight is 509 g/mol. The molecule has 1 aliphatic rings. The van der Waals surface area contributed by atoms with Gasteiger partial charge in [-0.2, -0.15) is 0 Å². The van der Waals surface area contributed by atoms with Gasteiger partial charge in [0.1, 0.15) is 18.2 Å². The molecule has 0 radical (unpaired) electrons. The summed E-state index contributed by atoms with van der Waals surface area (Å²) in [6, 6.07) is 17.3. The number of halogens is 1. The molecule has 5 nitrogen and oxygen atoms in total. The molecule has 2 atom stereocenters. The van der Waals surface area contributed by atoms with Gasteiger partial charge in [0.2, 0.25) is 11.8 Å². The van der Waals surface area contributed by atoms with Crippen LogP contribution in [0.3, 0.4) is 0 Å². The van der Waals surface area contributed by atoms with Gasteiger partial charge < -0.3 is 14.5 Å². The second-order valence-corrected chi connectivity index (χ2v) is 10.4. The Morgan fingerprint density at radius 3 is 2.61 bits per heavy atom. The number of hydrogen-bond donors (Lipinski definition) is 0. The fourth-order valence-electron chi connectivity index (χ4n) is 4.48. The van der Waals surface area contributed by atoms with Crippen LogP contribution in [0.4, 0.5) is 4.39 Å². The molecular formula is C29H33FN2O3S. The Bertz CT molecular complexity index is 1150. The lowest BCUT2D eigenvalue weighted by Crippen LogP contribution is -2.48. The Balaban J connectivity index is 1.50. The first-order valence-electron chi connectivity index (χ1n) is 12.5. The summed E-state index contributed by atoms with van der Waals surface area (Å²) in [6.07, 6.45) is 1.99. The number of thiophene rings is 1. The second-order valence-electron chi connectivity index (χ2n) is 9.37. The maximum atomic E-state index is 13.7. The third kappa shape index (κ3) is 6.52. The topological polar surface area (TPSA) is 49.9 Å². The number of carbonyl (C=O) groups is 2. The number of carbonyl (C=O) groups excluding carboxylic acids is 2. The van der Waals surface area contributed by atoms with Crippen molar-refractivity contribution in [2.45, 2.75) is 39.2 Å². The van der Waals surface area contributed by atoms with Gasteiger partial charge in [-0.3, -0.25) is 9.59 Å². The van der Waals surface area contributed by atoms with E-state index in [-0.39, 0.29) is 43.2 Å². The van der Waals surface area contributed by atoms with E-state index < -0.39 is 0 Å². The number of hydrogen-bond acceptors (Lipinski definition) is 4. The molecule has 3 aromatic rings. The lowest BCUT2D eigenvalue weighted by molar-refractivity contribution is -0.143. The summed E-state index contributed by atoms with van der Waals surface area (Å²) in [4.78, 5) is 31.7. The van der Waals surface area contributed by atoms with Gasteiger partial charge in [0.25, 0.3) is 0 Å². The molecule has 2 aromatic carbocycles. The number of ether oxygens (including phenoxy) is 1. The predicted octanol–water partition coefficient (Wildman–Crippen LogP) is 5.51. The van der Waals surface area contributed by atoms with Crippen molar-refractivity contribution in [3.63, 3.8) is 0 Å². The van der Waals surface area contributed by atoms with Crippen molar-refractivity contribution >= 4 is 23.2 Å². The molecule has 7 heteroatoms. The lowest BCUT2D eigenvalue weighted by atomic mass is 10.00. The first-order valence-corrected chi connectivity index (χ1v) is 13.4. The highest BCUT2D eigenvalue weighted by Gasteiger charge is 2.33. The van der Waals surface area contributed by atoms with Crippen molar-refractivity contribution in [3.05, 3.63) is 87.9 Å². The highest BCUT2D eigenvalue weighted by atomic mass is 32.1. The van der Waals surface area contributed by atoms with E-state index in [4.69, 9.17) is 4.74 Å². The Kier molecular flexibility index (Phi) is 8.75. The Morgan fingerprint density at radius 1 is 1.14 bits per heavy atom. The van der Waals surface area contributed by atoms with Crippen LogP contribution < -0.4 is 4.74 Å². The van der Waals surface area contributed by atoms with E-state index in [1.807, 2.05) is 40.6 Å². The highest BCUT2D eigenvalue weighted by Crippen LogP contribution is 2.34. The van der Waals surface area contributed by atoms with Gasteiger partial charge in [-0.15, -0.1) is 11.3 Å². The number of nitrogens with zero attached hydrogens (tertiary/aromatic N) is 2. The van der Waals surface area contributed by atoms with Crippen molar-refractivity contribution in [1.82, 2.24) is 9.80 Å². The van der Waals surface area contributed by atoms with Gasteiger partial charge in [-0.1, -0.05) is 50.6 Å². The fraction of sp³-hybridized carbons (Fsp3) is 0.379. The number of rotatable bonds is 10. The number of fused-ring (bicyclic) bond motifs is 1. The van der Waals surface area contributed by atoms with E-state index in [2.05, 4.69) is 19.9 Å². The monoisotopic (exact) mass is 508 g/mol. The van der Waals surface area contributed by atoms with Gasteiger partial charge in [-0.25, -0.2) is 4.39 Å². The summed E-state index contributed by atoms with van der Waals surface area (Å²) < 4.78 is 19.3. The zero-order chi connectivity index (χ0) is 25.5. The van der Waals surface area contributed by atoms with Crippen molar-refractivity contribution < 1.29 is 18.7 Å². The summed E-state index contributed by atoms with van der Waals surface area (Å²) in [6.45, 7) is 5.63. The summed E-state index contributed by atoms with van der Waals surface area (Å²) in [5.41, 5.74) is 2.03. The van der Waals surface area contributed by atoms with Crippen LogP contribution in [-0.4, -0.2) is 47.9 Å². The van der Waals surface area contributed by atoms with Gasteiger partial charge >= 0.3 is 0 Å². The molecule has 190 valence electrons. The maximum Gasteiger partial charge on any atom is 0.242 e. The van der Waals surface area contributed by atoms with Crippen molar-refractivity contribution in [1.29, 1.82) is 0 Å². The van der Waals surface area contributed by atoms with E-state index in [9.17, 15) is 14.0 Å². The molecule has 4 rings (SSSR count). The Labute approximate surface area is 216 Å². The normalized spacial score (nSPS) is 15.8. The van der Waals surface area contributed by atoms with E-state index in [1.54, 1.807) is 28.4 Å². The molecule has 2 heterocycles. The van der Waals surface area contributed by atoms with E-state index in [0.29, 0.717) is 24.8 Å². The first-order chi connectivity index (χ1) is 17.4. The summed E-state index contributed by atoms with van der Waals surface area (Å²) >= 11 is 1.69. The molecule has 0 saturated carbocycles. The summed E-state index contributed by atoms with van der Waals surface area (Å²) in [7, 11) is 0. The van der Waals surface area contributed by atoms with E-state index in [0.717, 1.165) is 24.0 Å². The largest absolute Gasteiger partial charge is 0.491 e. The minimum atomic E-state index is -0.321. The van der Waals surface area contributed by atoms with Gasteiger partial charge in [0.05, 0.1) is 19.0 Å². The molecule has 0 unspecified atom stereocenters. The predicted molar refractivity (Wildman–Crippen MR) is 141 cm³/mol. The average Bonchev–Trinajstić information content (AvgIpc) is 3.37. The van der Waals surface area contributed by atoms with Crippen LogP contribution in [0, 0.1) is 11.7 Å². The summed E-state index contributed by atoms with van der Waals surface area (Å²) in [5, 5.41) is 2.04. The zero-order valence-corrected chi connectivity index (χ0v) is 21.7. The van der Waals surface area contributed by atoms with Crippen molar-refractivity contribution in [2.75, 3.05) is 26.2 Å². The molecule has 2 amide bonds. The van der Waals surface area contributed by atoms with E-state index >= 15 is 0 Å². The van der Waals surface area contributed by atoms with Gasteiger partial charge in [0.15, 0.2) is 0 Å². The third-order valence-corrected chi connectivity index (χ3v) is 7.74. The Hall–Kier alpha value is -3.19. The standard InChI is InChI=1S/C29H33FN2O3S/c1-3-21(2)18-31(28(33)17-22-7-5-4-6-8-22)19-29(34)32-15-13-27-25(14-16-36-27)26(32)20-35-24-11-9-23(30)10-12-24/h4-12,14,16,21,26H,3,13,15,17-20H2,1-2H3/t21-,26+/m0/s1. The van der Waals surface area contributed by atoms with Crippen LogP contribution >= 0.6 is 11.3 Å². The quantitative estimate of drug-likeness (QED) is 0.363. The summed E-state index contributed by atoms with van der Waals surface area (Å²) in [5.74, 6) is 0.410. The minimum Gasteiger partial charge on any atom is -0.491 e. The van der Waals surface area contributed by atoms with Gasteiger partial charge in [0, 0.05) is 18.0 Å². The van der Waals surface area contributed by atoms with Crippen molar-refractivity contribution in [3.8, 4) is 5.75 Å². The third-order valence-electron chi connectivity index (χ3n) is 6.74. The SMILES string of the molecule is CC[C@H](C)CN(CC(=O)N1CCc2sccc2[C@H]1COc1ccc(F)cc1)C(=O)Cc1ccccc1. The molecule has 1 aromatic heterocycles. The zero-order valence-electron chi connectivity index (χ0n) is 20.9. The van der Waals surface area contributed by atoms with Crippen LogP contribution in [0.5, 0.6) is 5.75 Å². The Morgan fingerprint density at radius 2 is 1.89 bits per heavy atom.